The van der Waals surface area contributed by atoms with Crippen LogP contribution < -0.4 is 15.1 Å². The van der Waals surface area contributed by atoms with Crippen LogP contribution in [0.25, 0.3) is 0 Å². The molecule has 4 rings (SSSR count). The summed E-state index contributed by atoms with van der Waals surface area (Å²) in [4.78, 5) is 28.4. The molecule has 4 heterocycles. The van der Waals surface area contributed by atoms with Gasteiger partial charge in [-0.25, -0.2) is 4.98 Å². The van der Waals surface area contributed by atoms with Crippen molar-refractivity contribution in [2.24, 2.45) is 12.0 Å². The van der Waals surface area contributed by atoms with Crippen LogP contribution in [0.5, 0.6) is 0 Å². The molecule has 0 atom stereocenters. The molecule has 0 saturated carbocycles. The standard InChI is InChI=1S/C20H30N8OS.HI/c1-3-21-19(22-7-6-16-15-30-20(24-16)26-8-4-5-9-26)27-10-11-28(18(29)14-27)17-12-23-25(2)13-17;/h12-13,15H,3-11,14H2,1-2H3,(H,21,22);1H. The molecule has 2 aromatic rings. The van der Waals surface area contributed by atoms with Crippen LogP contribution >= 0.6 is 35.3 Å². The summed E-state index contributed by atoms with van der Waals surface area (Å²) in [6, 6.07) is 0. The van der Waals surface area contributed by atoms with E-state index in [1.165, 1.54) is 12.8 Å². The number of piperazine rings is 1. The molecule has 1 N–H and O–H groups in total. The summed E-state index contributed by atoms with van der Waals surface area (Å²) in [5.41, 5.74) is 1.94. The molecule has 0 aliphatic carbocycles. The van der Waals surface area contributed by atoms with Gasteiger partial charge in [0.2, 0.25) is 5.91 Å². The third-order valence-corrected chi connectivity index (χ3v) is 6.35. The van der Waals surface area contributed by atoms with Crippen molar-refractivity contribution in [3.63, 3.8) is 0 Å². The van der Waals surface area contributed by atoms with E-state index in [1.54, 1.807) is 27.1 Å². The van der Waals surface area contributed by atoms with Crippen molar-refractivity contribution in [1.82, 2.24) is 25.0 Å². The monoisotopic (exact) mass is 558 g/mol. The van der Waals surface area contributed by atoms with Gasteiger partial charge in [0.25, 0.3) is 0 Å². The van der Waals surface area contributed by atoms with E-state index < -0.39 is 0 Å². The summed E-state index contributed by atoms with van der Waals surface area (Å²) < 4.78 is 1.72. The van der Waals surface area contributed by atoms with E-state index in [-0.39, 0.29) is 29.9 Å². The Kier molecular flexibility index (Phi) is 8.52. The first kappa shape index (κ1) is 23.8. The predicted octanol–water partition coefficient (Wildman–Crippen LogP) is 1.95. The van der Waals surface area contributed by atoms with Crippen LogP contribution in [0.1, 0.15) is 25.5 Å². The molecule has 31 heavy (non-hydrogen) atoms. The molecule has 2 aliphatic heterocycles. The average molecular weight is 558 g/mol. The molecule has 0 unspecified atom stereocenters. The van der Waals surface area contributed by atoms with Crippen LogP contribution in [0.2, 0.25) is 0 Å². The van der Waals surface area contributed by atoms with Crippen LogP contribution in [0.15, 0.2) is 22.8 Å². The Bertz CT molecular complexity index is 891. The summed E-state index contributed by atoms with van der Waals surface area (Å²) >= 11 is 1.73. The Balaban J connectivity index is 0.00000272. The Hall–Kier alpha value is -1.89. The number of thiazole rings is 1. The highest BCUT2D eigenvalue weighted by Crippen LogP contribution is 2.24. The minimum absolute atomic E-state index is 0. The third-order valence-electron chi connectivity index (χ3n) is 5.40. The van der Waals surface area contributed by atoms with E-state index in [4.69, 9.17) is 9.98 Å². The van der Waals surface area contributed by atoms with Crippen LogP contribution in [0.4, 0.5) is 10.8 Å². The number of anilines is 2. The molecule has 11 heteroatoms. The molecule has 2 aromatic heterocycles. The highest BCUT2D eigenvalue weighted by molar-refractivity contribution is 14.0. The number of aromatic nitrogens is 3. The lowest BCUT2D eigenvalue weighted by molar-refractivity contribution is -0.120. The number of rotatable bonds is 6. The first-order chi connectivity index (χ1) is 14.6. The second-order valence-electron chi connectivity index (χ2n) is 7.64. The zero-order valence-electron chi connectivity index (χ0n) is 18.2. The van der Waals surface area contributed by atoms with E-state index in [0.29, 0.717) is 19.6 Å². The summed E-state index contributed by atoms with van der Waals surface area (Å²) in [6.45, 7) is 7.39. The number of amides is 1. The Labute approximate surface area is 204 Å². The normalized spacial score (nSPS) is 17.3. The number of guanidine groups is 1. The summed E-state index contributed by atoms with van der Waals surface area (Å²) in [6.07, 6.45) is 6.94. The van der Waals surface area contributed by atoms with Gasteiger partial charge < -0.3 is 20.0 Å². The van der Waals surface area contributed by atoms with Crippen molar-refractivity contribution < 1.29 is 4.79 Å². The first-order valence-corrected chi connectivity index (χ1v) is 11.5. The minimum atomic E-state index is 0. The van der Waals surface area contributed by atoms with Crippen LogP contribution in [-0.2, 0) is 18.3 Å². The number of nitrogens with one attached hydrogen (secondary N) is 1. The number of nitrogens with zero attached hydrogens (tertiary/aromatic N) is 7. The second-order valence-corrected chi connectivity index (χ2v) is 8.48. The van der Waals surface area contributed by atoms with Crippen LogP contribution in [0, 0.1) is 0 Å². The summed E-state index contributed by atoms with van der Waals surface area (Å²) in [7, 11) is 1.86. The fourth-order valence-corrected chi connectivity index (χ4v) is 4.76. The Morgan fingerprint density at radius 1 is 1.26 bits per heavy atom. The topological polar surface area (TPSA) is 81.9 Å². The SMILES string of the molecule is CCNC(=NCCc1csc(N2CCCC2)n1)N1CCN(c2cnn(C)c2)C(=O)C1.I. The minimum Gasteiger partial charge on any atom is -0.357 e. The van der Waals surface area contributed by atoms with Crippen molar-refractivity contribution in [2.45, 2.75) is 26.2 Å². The lowest BCUT2D eigenvalue weighted by Crippen LogP contribution is -2.55. The second kappa shape index (κ2) is 11.1. The van der Waals surface area contributed by atoms with Gasteiger partial charge in [0.1, 0.15) is 6.54 Å². The van der Waals surface area contributed by atoms with Gasteiger partial charge in [0, 0.05) is 64.3 Å². The van der Waals surface area contributed by atoms with Crippen molar-refractivity contribution in [1.29, 1.82) is 0 Å². The summed E-state index contributed by atoms with van der Waals surface area (Å²) in [5.74, 6) is 0.862. The number of carbonyl (C=O) groups excluding carboxylic acids is 1. The number of hydrogen-bond acceptors (Lipinski definition) is 6. The van der Waals surface area contributed by atoms with Crippen molar-refractivity contribution in [3.8, 4) is 0 Å². The number of aryl methyl sites for hydroxylation is 1. The number of aliphatic imine (C=N–C) groups is 1. The molecular formula is C20H31IN8OS. The molecule has 170 valence electrons. The lowest BCUT2D eigenvalue weighted by atomic mass is 10.3. The van der Waals surface area contributed by atoms with Gasteiger partial charge in [-0.05, 0) is 19.8 Å². The van der Waals surface area contributed by atoms with Crippen molar-refractivity contribution in [2.75, 3.05) is 55.6 Å². The molecule has 0 aromatic carbocycles. The molecular weight excluding hydrogens is 527 g/mol. The highest BCUT2D eigenvalue weighted by atomic mass is 127. The fraction of sp³-hybridized carbons (Fsp3) is 0.600. The van der Waals surface area contributed by atoms with Gasteiger partial charge >= 0.3 is 0 Å². The zero-order chi connectivity index (χ0) is 20.9. The number of hydrogen-bond donors (Lipinski definition) is 1. The van der Waals surface area contributed by atoms with Crippen molar-refractivity contribution >= 4 is 58.0 Å². The van der Waals surface area contributed by atoms with Crippen LogP contribution in [0.3, 0.4) is 0 Å². The predicted molar refractivity (Wildman–Crippen MR) is 136 cm³/mol. The number of carbonyl (C=O) groups is 1. The smallest absolute Gasteiger partial charge is 0.246 e. The van der Waals surface area contributed by atoms with Crippen LogP contribution in [-0.4, -0.2) is 77.3 Å². The first-order valence-electron chi connectivity index (χ1n) is 10.7. The zero-order valence-corrected chi connectivity index (χ0v) is 21.3. The third kappa shape index (κ3) is 5.88. The van der Waals surface area contributed by atoms with Crippen molar-refractivity contribution in [3.05, 3.63) is 23.5 Å². The van der Waals surface area contributed by atoms with Gasteiger partial charge in [-0.15, -0.1) is 35.3 Å². The average Bonchev–Trinajstić information content (AvgIpc) is 3.49. The fourth-order valence-electron chi connectivity index (χ4n) is 3.84. The van der Waals surface area contributed by atoms with Gasteiger partial charge in [0.15, 0.2) is 11.1 Å². The Morgan fingerprint density at radius 3 is 2.74 bits per heavy atom. The molecule has 2 saturated heterocycles. The molecule has 0 radical (unpaired) electrons. The van der Waals surface area contributed by atoms with Gasteiger partial charge in [-0.3, -0.25) is 14.5 Å². The molecule has 0 spiro atoms. The van der Waals surface area contributed by atoms with Gasteiger partial charge in [-0.2, -0.15) is 5.10 Å². The maximum absolute atomic E-state index is 12.7. The van der Waals surface area contributed by atoms with E-state index in [1.807, 2.05) is 25.1 Å². The van der Waals surface area contributed by atoms with Gasteiger partial charge in [0.05, 0.1) is 17.6 Å². The maximum Gasteiger partial charge on any atom is 0.246 e. The molecule has 0 bridgehead atoms. The van der Waals surface area contributed by atoms with E-state index in [2.05, 4.69) is 20.7 Å². The molecule has 2 fully saturated rings. The molecule has 1 amide bonds. The molecule has 2 aliphatic rings. The van der Waals surface area contributed by atoms with E-state index >= 15 is 0 Å². The quantitative estimate of drug-likeness (QED) is 0.332. The van der Waals surface area contributed by atoms with Gasteiger partial charge in [-0.1, -0.05) is 0 Å². The largest absolute Gasteiger partial charge is 0.357 e. The Morgan fingerprint density at radius 2 is 2.06 bits per heavy atom. The number of halogens is 1. The maximum atomic E-state index is 12.7. The molecule has 9 nitrogen and oxygen atoms in total. The summed E-state index contributed by atoms with van der Waals surface area (Å²) in [5, 5.41) is 10.8. The van der Waals surface area contributed by atoms with E-state index in [9.17, 15) is 4.79 Å². The lowest BCUT2D eigenvalue weighted by Gasteiger charge is -2.35. The highest BCUT2D eigenvalue weighted by Gasteiger charge is 2.27. The van der Waals surface area contributed by atoms with E-state index in [0.717, 1.165) is 55.1 Å².